The molecule has 0 saturated carbocycles. The number of anilines is 1. The highest BCUT2D eigenvalue weighted by Gasteiger charge is 2.09. The van der Waals surface area contributed by atoms with Crippen LogP contribution in [0.15, 0.2) is 77.8 Å². The Morgan fingerprint density at radius 1 is 0.963 bits per heavy atom. The minimum Gasteiger partial charge on any atom is -0.497 e. The van der Waals surface area contributed by atoms with E-state index in [9.17, 15) is 10.1 Å². The Kier molecular flexibility index (Phi) is 5.47. The number of hydrogen-bond donors (Lipinski definition) is 1. The molecule has 0 aromatic heterocycles. The van der Waals surface area contributed by atoms with Gasteiger partial charge < -0.3 is 10.1 Å². The molecule has 0 amide bonds. The molecular formula is C21H19N3O3. The van der Waals surface area contributed by atoms with Gasteiger partial charge in [0.2, 0.25) is 0 Å². The van der Waals surface area contributed by atoms with Gasteiger partial charge in [-0.2, -0.15) is 0 Å². The summed E-state index contributed by atoms with van der Waals surface area (Å²) < 4.78 is 5.18. The van der Waals surface area contributed by atoms with Crippen LogP contribution >= 0.6 is 0 Å². The first-order chi connectivity index (χ1) is 13.0. The third-order valence-corrected chi connectivity index (χ3v) is 3.98. The number of methoxy groups -OCH3 is 1. The van der Waals surface area contributed by atoms with Gasteiger partial charge in [-0.15, -0.1) is 0 Å². The summed E-state index contributed by atoms with van der Waals surface area (Å²) in [6.07, 6.45) is 0. The molecule has 0 bridgehead atoms. The second kappa shape index (κ2) is 8.14. The van der Waals surface area contributed by atoms with Gasteiger partial charge in [0, 0.05) is 23.4 Å². The molecule has 136 valence electrons. The Labute approximate surface area is 157 Å². The summed E-state index contributed by atoms with van der Waals surface area (Å²) in [5.74, 6) is 1.35. The van der Waals surface area contributed by atoms with Crippen LogP contribution in [0.1, 0.15) is 11.1 Å². The van der Waals surface area contributed by atoms with E-state index in [0.717, 1.165) is 28.3 Å². The van der Waals surface area contributed by atoms with Gasteiger partial charge >= 0.3 is 0 Å². The molecule has 0 spiro atoms. The molecule has 3 aromatic carbocycles. The average molecular weight is 361 g/mol. The molecule has 0 radical (unpaired) electrons. The van der Waals surface area contributed by atoms with E-state index in [-0.39, 0.29) is 5.69 Å². The molecule has 1 N–H and O–H groups in total. The van der Waals surface area contributed by atoms with E-state index in [2.05, 4.69) is 10.3 Å². The topological polar surface area (TPSA) is 76.8 Å². The summed E-state index contributed by atoms with van der Waals surface area (Å²) in [6, 6.07) is 21.6. The predicted octanol–water partition coefficient (Wildman–Crippen LogP) is 5.10. The van der Waals surface area contributed by atoms with E-state index in [0.29, 0.717) is 5.84 Å². The molecule has 0 aliphatic rings. The smallest absolute Gasteiger partial charge is 0.269 e. The Morgan fingerprint density at radius 2 is 1.59 bits per heavy atom. The van der Waals surface area contributed by atoms with Crippen molar-refractivity contribution in [2.24, 2.45) is 4.99 Å². The van der Waals surface area contributed by atoms with Crippen molar-refractivity contribution in [2.45, 2.75) is 6.92 Å². The predicted molar refractivity (Wildman–Crippen MR) is 107 cm³/mol. The summed E-state index contributed by atoms with van der Waals surface area (Å²) >= 11 is 0. The number of non-ortho nitro benzene ring substituents is 1. The summed E-state index contributed by atoms with van der Waals surface area (Å²) in [5.41, 5.74) is 3.55. The zero-order valence-electron chi connectivity index (χ0n) is 15.0. The van der Waals surface area contributed by atoms with Gasteiger partial charge in [-0.25, -0.2) is 4.99 Å². The number of ether oxygens (including phenoxy) is 1. The SMILES string of the molecule is COc1ccc(NC(=Nc2ccc(C)cc2)c2ccc([N+](=O)[O-])cc2)cc1. The number of nitrogens with zero attached hydrogens (tertiary/aromatic N) is 2. The van der Waals surface area contributed by atoms with Gasteiger partial charge in [0.25, 0.3) is 5.69 Å². The molecular weight excluding hydrogens is 342 g/mol. The summed E-state index contributed by atoms with van der Waals surface area (Å²) in [7, 11) is 1.61. The normalized spacial score (nSPS) is 11.1. The van der Waals surface area contributed by atoms with E-state index in [1.54, 1.807) is 19.2 Å². The molecule has 0 aliphatic carbocycles. The van der Waals surface area contributed by atoms with Gasteiger partial charge in [0.1, 0.15) is 11.6 Å². The molecule has 0 atom stereocenters. The largest absolute Gasteiger partial charge is 0.497 e. The summed E-state index contributed by atoms with van der Waals surface area (Å²) in [5, 5.41) is 14.2. The number of amidine groups is 1. The fraction of sp³-hybridized carbons (Fsp3) is 0.0952. The van der Waals surface area contributed by atoms with Gasteiger partial charge in [-0.3, -0.25) is 10.1 Å². The lowest BCUT2D eigenvalue weighted by Crippen LogP contribution is -2.13. The van der Waals surface area contributed by atoms with E-state index in [1.165, 1.54) is 12.1 Å². The van der Waals surface area contributed by atoms with Crippen molar-refractivity contribution in [3.63, 3.8) is 0 Å². The van der Waals surface area contributed by atoms with Crippen molar-refractivity contribution in [3.8, 4) is 5.75 Å². The number of benzene rings is 3. The van der Waals surface area contributed by atoms with E-state index < -0.39 is 4.92 Å². The van der Waals surface area contributed by atoms with E-state index in [1.807, 2.05) is 55.5 Å². The number of aryl methyl sites for hydroxylation is 1. The maximum atomic E-state index is 10.9. The van der Waals surface area contributed by atoms with Gasteiger partial charge in [0.05, 0.1) is 17.7 Å². The molecule has 27 heavy (non-hydrogen) atoms. The molecule has 0 saturated heterocycles. The third kappa shape index (κ3) is 4.70. The highest BCUT2D eigenvalue weighted by Crippen LogP contribution is 2.20. The Balaban J connectivity index is 1.96. The fourth-order valence-electron chi connectivity index (χ4n) is 2.47. The van der Waals surface area contributed by atoms with Crippen LogP contribution in [0, 0.1) is 17.0 Å². The van der Waals surface area contributed by atoms with Crippen molar-refractivity contribution in [1.29, 1.82) is 0 Å². The van der Waals surface area contributed by atoms with Crippen LogP contribution in [-0.4, -0.2) is 17.9 Å². The molecule has 6 heteroatoms. The highest BCUT2D eigenvalue weighted by atomic mass is 16.6. The zero-order valence-corrected chi connectivity index (χ0v) is 15.0. The van der Waals surface area contributed by atoms with Crippen molar-refractivity contribution < 1.29 is 9.66 Å². The van der Waals surface area contributed by atoms with Crippen LogP contribution in [0.4, 0.5) is 17.1 Å². The van der Waals surface area contributed by atoms with Gasteiger partial charge in [-0.1, -0.05) is 17.7 Å². The number of hydrogen-bond acceptors (Lipinski definition) is 4. The van der Waals surface area contributed by atoms with Crippen LogP contribution in [0.2, 0.25) is 0 Å². The highest BCUT2D eigenvalue weighted by molar-refractivity contribution is 6.09. The molecule has 3 aromatic rings. The first-order valence-corrected chi connectivity index (χ1v) is 8.36. The van der Waals surface area contributed by atoms with E-state index in [4.69, 9.17) is 4.74 Å². The maximum absolute atomic E-state index is 10.9. The maximum Gasteiger partial charge on any atom is 0.269 e. The first-order valence-electron chi connectivity index (χ1n) is 8.36. The molecule has 0 heterocycles. The van der Waals surface area contributed by atoms with Crippen molar-refractivity contribution in [3.05, 3.63) is 94.0 Å². The molecule has 6 nitrogen and oxygen atoms in total. The fourth-order valence-corrected chi connectivity index (χ4v) is 2.47. The second-order valence-electron chi connectivity index (χ2n) is 5.95. The summed E-state index contributed by atoms with van der Waals surface area (Å²) in [4.78, 5) is 15.2. The quantitative estimate of drug-likeness (QED) is 0.297. The van der Waals surface area contributed by atoms with E-state index >= 15 is 0 Å². The Bertz CT molecular complexity index is 947. The number of nitro groups is 1. The van der Waals surface area contributed by atoms with Crippen LogP contribution in [0.3, 0.4) is 0 Å². The monoisotopic (exact) mass is 361 g/mol. The van der Waals surface area contributed by atoms with Crippen LogP contribution in [-0.2, 0) is 0 Å². The molecule has 0 unspecified atom stereocenters. The minimum absolute atomic E-state index is 0.0397. The number of nitro benzene ring substituents is 1. The standard InChI is InChI=1S/C21H19N3O3/c1-15-3-7-17(8-4-15)22-21(16-5-11-19(12-6-16)24(25)26)23-18-9-13-20(27-2)14-10-18/h3-14H,1-2H3,(H,22,23). The van der Waals surface area contributed by atoms with Crippen molar-refractivity contribution >= 4 is 22.9 Å². The van der Waals surface area contributed by atoms with Gasteiger partial charge in [0.15, 0.2) is 0 Å². The first kappa shape index (κ1) is 18.1. The number of rotatable bonds is 5. The van der Waals surface area contributed by atoms with Crippen LogP contribution < -0.4 is 10.1 Å². The van der Waals surface area contributed by atoms with Crippen LogP contribution in [0.5, 0.6) is 5.75 Å². The Morgan fingerprint density at radius 3 is 2.15 bits per heavy atom. The molecule has 0 aliphatic heterocycles. The van der Waals surface area contributed by atoms with Crippen molar-refractivity contribution in [2.75, 3.05) is 12.4 Å². The minimum atomic E-state index is -0.419. The lowest BCUT2D eigenvalue weighted by Gasteiger charge is -2.11. The van der Waals surface area contributed by atoms with Crippen LogP contribution in [0.25, 0.3) is 0 Å². The second-order valence-corrected chi connectivity index (χ2v) is 5.95. The van der Waals surface area contributed by atoms with Gasteiger partial charge in [-0.05, 0) is 55.5 Å². The zero-order chi connectivity index (χ0) is 19.2. The third-order valence-electron chi connectivity index (χ3n) is 3.98. The number of aliphatic imine (C=N–C) groups is 1. The van der Waals surface area contributed by atoms with Crippen molar-refractivity contribution in [1.82, 2.24) is 0 Å². The Hall–Kier alpha value is -3.67. The lowest BCUT2D eigenvalue weighted by molar-refractivity contribution is -0.384. The summed E-state index contributed by atoms with van der Waals surface area (Å²) in [6.45, 7) is 2.01. The lowest BCUT2D eigenvalue weighted by atomic mass is 10.1. The number of nitrogens with one attached hydrogen (secondary N) is 1. The average Bonchev–Trinajstić information content (AvgIpc) is 2.70. The molecule has 0 fully saturated rings. The molecule has 3 rings (SSSR count).